The van der Waals surface area contributed by atoms with Crippen LogP contribution in [0.1, 0.15) is 35.9 Å². The van der Waals surface area contributed by atoms with Crippen molar-refractivity contribution in [3.8, 4) is 5.69 Å². The van der Waals surface area contributed by atoms with E-state index in [1.54, 1.807) is 0 Å². The molecule has 0 aliphatic carbocycles. The number of pyridine rings is 1. The van der Waals surface area contributed by atoms with E-state index in [4.69, 9.17) is 17.5 Å². The molecule has 1 aliphatic heterocycles. The standard InChI is InChI=1S/C14H18BN3O2/c1-13(2)14(3,4)20-15(19-13)12-6-5-11(9-17-12)18-8-7-16-10-18/h5-10H,1-4H3/i5D,6D,7D,8D,9D,10D. The van der Waals surface area contributed by atoms with E-state index < -0.39 is 49.2 Å². The third-order valence-electron chi connectivity index (χ3n) is 3.66. The highest BCUT2D eigenvalue weighted by Gasteiger charge is 2.52. The normalized spacial score (nSPS) is 24.5. The Morgan fingerprint density at radius 3 is 2.50 bits per heavy atom. The Hall–Kier alpha value is -1.66. The predicted molar refractivity (Wildman–Crippen MR) is 77.1 cm³/mol. The summed E-state index contributed by atoms with van der Waals surface area (Å²) in [6.45, 7) is 7.37. The van der Waals surface area contributed by atoms with Crippen LogP contribution in [0.5, 0.6) is 0 Å². The molecule has 0 radical (unpaired) electrons. The largest absolute Gasteiger partial charge is 0.514 e. The van der Waals surface area contributed by atoms with E-state index >= 15 is 0 Å². The molecule has 0 unspecified atom stereocenters. The van der Waals surface area contributed by atoms with Gasteiger partial charge in [-0.05, 0) is 39.8 Å². The molecule has 2 aromatic rings. The summed E-state index contributed by atoms with van der Waals surface area (Å²) in [6.07, 6.45) is -1.78. The number of imidazole rings is 1. The zero-order valence-corrected chi connectivity index (χ0v) is 11.7. The average Bonchev–Trinajstić information content (AvgIpc) is 2.88. The van der Waals surface area contributed by atoms with Crippen molar-refractivity contribution in [3.05, 3.63) is 36.9 Å². The van der Waals surface area contributed by atoms with Crippen LogP contribution in [-0.2, 0) is 9.31 Å². The highest BCUT2D eigenvalue weighted by atomic mass is 16.7. The smallest absolute Gasteiger partial charge is 0.398 e. The Bertz CT molecular complexity index is 886. The maximum absolute atomic E-state index is 8.26. The molecule has 20 heavy (non-hydrogen) atoms. The number of hydrogen-bond acceptors (Lipinski definition) is 4. The van der Waals surface area contributed by atoms with Gasteiger partial charge in [-0.2, -0.15) is 0 Å². The van der Waals surface area contributed by atoms with Crippen LogP contribution in [0.25, 0.3) is 5.69 Å². The molecule has 0 bridgehead atoms. The van der Waals surface area contributed by atoms with E-state index in [2.05, 4.69) is 9.97 Å². The molecule has 5 nitrogen and oxygen atoms in total. The first-order chi connectivity index (χ1) is 11.9. The minimum atomic E-state index is -1.00. The van der Waals surface area contributed by atoms with Crippen molar-refractivity contribution < 1.29 is 17.5 Å². The fourth-order valence-corrected chi connectivity index (χ4v) is 1.75. The van der Waals surface area contributed by atoms with Crippen molar-refractivity contribution >= 4 is 12.7 Å². The molecular formula is C14H18BN3O2. The number of nitrogens with zero attached hydrogens (tertiary/aromatic N) is 3. The molecule has 1 aliphatic rings. The van der Waals surface area contributed by atoms with E-state index in [1.807, 2.05) is 27.7 Å². The van der Waals surface area contributed by atoms with E-state index in [0.717, 1.165) is 4.57 Å². The predicted octanol–water partition coefficient (Wildman–Crippen LogP) is 1.57. The molecule has 104 valence electrons. The van der Waals surface area contributed by atoms with Crippen molar-refractivity contribution in [3.63, 3.8) is 0 Å². The minimum Gasteiger partial charge on any atom is -0.398 e. The van der Waals surface area contributed by atoms with E-state index in [9.17, 15) is 0 Å². The molecule has 1 fully saturated rings. The van der Waals surface area contributed by atoms with Gasteiger partial charge >= 0.3 is 7.12 Å². The SMILES string of the molecule is [2H]c1nc(B2OC(C)(C)C(C)(C)O2)c([2H])c([2H])c1-n1c([2H])nc([2H])c1[2H]. The van der Waals surface area contributed by atoms with Gasteiger partial charge < -0.3 is 13.9 Å². The van der Waals surface area contributed by atoms with Crippen LogP contribution in [0.15, 0.2) is 36.9 Å². The Morgan fingerprint density at radius 1 is 1.20 bits per heavy atom. The Kier molecular flexibility index (Phi) is 1.76. The van der Waals surface area contributed by atoms with Gasteiger partial charge in [0.15, 0.2) is 0 Å². The first-order valence-electron chi connectivity index (χ1n) is 9.23. The summed E-state index contributed by atoms with van der Waals surface area (Å²) in [4.78, 5) is 7.59. The fourth-order valence-electron chi connectivity index (χ4n) is 1.75. The molecule has 0 N–H and O–H groups in total. The third kappa shape index (κ3) is 2.15. The summed E-state index contributed by atoms with van der Waals surface area (Å²) in [5, 5.41) is 0. The quantitative estimate of drug-likeness (QED) is 0.782. The molecule has 0 spiro atoms. The van der Waals surface area contributed by atoms with Gasteiger partial charge in [-0.25, -0.2) is 4.98 Å². The summed E-state index contributed by atoms with van der Waals surface area (Å²) in [7, 11) is -1.00. The second kappa shape index (κ2) is 4.43. The Balaban J connectivity index is 2.14. The van der Waals surface area contributed by atoms with Crippen LogP contribution in [0.4, 0.5) is 0 Å². The van der Waals surface area contributed by atoms with Crippen LogP contribution in [0.2, 0.25) is 0 Å². The van der Waals surface area contributed by atoms with Gasteiger partial charge in [0.2, 0.25) is 0 Å². The highest BCUT2D eigenvalue weighted by Crippen LogP contribution is 2.36. The van der Waals surface area contributed by atoms with Gasteiger partial charge in [0, 0.05) is 12.3 Å². The molecule has 0 saturated carbocycles. The lowest BCUT2D eigenvalue weighted by Crippen LogP contribution is -2.41. The summed E-state index contributed by atoms with van der Waals surface area (Å²) in [5.41, 5.74) is -1.58. The van der Waals surface area contributed by atoms with Gasteiger partial charge in [0.05, 0.1) is 41.8 Å². The zero-order chi connectivity index (χ0) is 19.6. The van der Waals surface area contributed by atoms with Gasteiger partial charge in [-0.15, -0.1) is 0 Å². The molecule has 2 aromatic heterocycles. The molecular weight excluding hydrogens is 253 g/mol. The molecule has 0 aromatic carbocycles. The van der Waals surface area contributed by atoms with Crippen molar-refractivity contribution in [2.24, 2.45) is 0 Å². The first-order valence-corrected chi connectivity index (χ1v) is 6.23. The minimum absolute atomic E-state index is 0.00771. The van der Waals surface area contributed by atoms with Crippen LogP contribution in [0, 0.1) is 0 Å². The van der Waals surface area contributed by atoms with Gasteiger partial charge in [-0.3, -0.25) is 4.98 Å². The van der Waals surface area contributed by atoms with Gasteiger partial charge in [-0.1, -0.05) is 0 Å². The number of hydrogen-bond donors (Lipinski definition) is 0. The monoisotopic (exact) mass is 277 g/mol. The van der Waals surface area contributed by atoms with Gasteiger partial charge in [0.1, 0.15) is 1.37 Å². The van der Waals surface area contributed by atoms with E-state index in [0.29, 0.717) is 0 Å². The average molecular weight is 277 g/mol. The Labute approximate surface area is 127 Å². The van der Waals surface area contributed by atoms with Crippen LogP contribution >= 0.6 is 0 Å². The maximum atomic E-state index is 8.26. The lowest BCUT2D eigenvalue weighted by molar-refractivity contribution is 0.00578. The second-order valence-electron chi connectivity index (χ2n) is 5.57. The molecule has 3 heterocycles. The van der Waals surface area contributed by atoms with Crippen LogP contribution in [-0.4, -0.2) is 32.9 Å². The molecule has 6 heteroatoms. The summed E-state index contributed by atoms with van der Waals surface area (Å²) < 4.78 is 60.3. The van der Waals surface area contributed by atoms with Crippen LogP contribution in [0.3, 0.4) is 0 Å². The number of aromatic nitrogens is 3. The first kappa shape index (κ1) is 7.95. The summed E-state index contributed by atoms with van der Waals surface area (Å²) in [6, 6.07) is -0.734. The molecule has 1 saturated heterocycles. The summed E-state index contributed by atoms with van der Waals surface area (Å²) in [5.74, 6) is 0. The van der Waals surface area contributed by atoms with E-state index in [-0.39, 0.29) is 17.3 Å². The lowest BCUT2D eigenvalue weighted by atomic mass is 9.84. The molecule has 0 atom stereocenters. The van der Waals surface area contributed by atoms with Crippen molar-refractivity contribution in [1.82, 2.24) is 14.5 Å². The topological polar surface area (TPSA) is 49.2 Å². The fraction of sp³-hybridized carbons (Fsp3) is 0.429. The van der Waals surface area contributed by atoms with Crippen molar-refractivity contribution in [2.75, 3.05) is 0 Å². The lowest BCUT2D eigenvalue weighted by Gasteiger charge is -2.32. The van der Waals surface area contributed by atoms with Crippen molar-refractivity contribution in [2.45, 2.75) is 38.9 Å². The van der Waals surface area contributed by atoms with Gasteiger partial charge in [0.25, 0.3) is 0 Å². The molecule has 3 rings (SSSR count). The van der Waals surface area contributed by atoms with E-state index in [1.165, 1.54) is 0 Å². The Morgan fingerprint density at radius 2 is 1.90 bits per heavy atom. The molecule has 0 amide bonds. The maximum Gasteiger partial charge on any atom is 0.514 e. The summed E-state index contributed by atoms with van der Waals surface area (Å²) >= 11 is 0. The van der Waals surface area contributed by atoms with Crippen LogP contribution < -0.4 is 5.59 Å². The zero-order valence-electron chi connectivity index (χ0n) is 17.7. The highest BCUT2D eigenvalue weighted by molar-refractivity contribution is 6.61. The van der Waals surface area contributed by atoms with Crippen molar-refractivity contribution in [1.29, 1.82) is 0 Å². The second-order valence-corrected chi connectivity index (χ2v) is 5.57. The number of rotatable bonds is 2. The third-order valence-corrected chi connectivity index (χ3v) is 3.66.